The van der Waals surface area contributed by atoms with Crippen LogP contribution in [0.2, 0.25) is 0 Å². The lowest BCUT2D eigenvalue weighted by atomic mass is 9.89. The minimum atomic E-state index is -0.171. The Hall–Kier alpha value is -1.83. The lowest BCUT2D eigenvalue weighted by molar-refractivity contribution is -0.0400. The van der Waals surface area contributed by atoms with Gasteiger partial charge in [-0.15, -0.1) is 11.3 Å². The molecule has 1 saturated heterocycles. The molecule has 1 atom stereocenters. The van der Waals surface area contributed by atoms with Crippen LogP contribution in [0.25, 0.3) is 20.4 Å². The summed E-state index contributed by atoms with van der Waals surface area (Å²) in [5.74, 6) is 0.885. The molecular weight excluding hydrogens is 360 g/mol. The van der Waals surface area contributed by atoms with Gasteiger partial charge in [0, 0.05) is 36.2 Å². The van der Waals surface area contributed by atoms with Gasteiger partial charge in [0.1, 0.15) is 17.0 Å². The van der Waals surface area contributed by atoms with E-state index < -0.39 is 0 Å². The average Bonchev–Trinajstić information content (AvgIpc) is 3.26. The van der Waals surface area contributed by atoms with Gasteiger partial charge in [-0.2, -0.15) is 0 Å². The Morgan fingerprint density at radius 1 is 1.30 bits per heavy atom. The summed E-state index contributed by atoms with van der Waals surface area (Å²) in [7, 11) is 0. The van der Waals surface area contributed by atoms with Gasteiger partial charge in [-0.3, -0.25) is 0 Å². The van der Waals surface area contributed by atoms with Crippen LogP contribution < -0.4 is 5.32 Å². The predicted octanol–water partition coefficient (Wildman–Crippen LogP) is 3.99. The Kier molecular flexibility index (Phi) is 4.07. The zero-order chi connectivity index (χ0) is 18.6. The maximum Gasteiger partial charge on any atom is 0.147 e. The van der Waals surface area contributed by atoms with Crippen LogP contribution in [0.5, 0.6) is 0 Å². The number of rotatable bonds is 3. The molecule has 2 aliphatic rings. The SMILES string of the molecule is Cc1nc2sc3c(NC[C@H]4CCCO4)ncnc3c2c2c1COC(C)(C)C2. The first-order valence-electron chi connectivity index (χ1n) is 9.57. The van der Waals surface area contributed by atoms with Gasteiger partial charge in [-0.25, -0.2) is 15.0 Å². The van der Waals surface area contributed by atoms with E-state index in [1.165, 1.54) is 16.5 Å². The molecule has 0 spiro atoms. The summed E-state index contributed by atoms with van der Waals surface area (Å²) < 4.78 is 12.8. The number of pyridine rings is 1. The molecule has 0 aromatic carbocycles. The molecule has 0 radical (unpaired) electrons. The van der Waals surface area contributed by atoms with Crippen molar-refractivity contribution in [1.82, 2.24) is 15.0 Å². The van der Waals surface area contributed by atoms with E-state index in [0.717, 1.165) is 59.0 Å². The van der Waals surface area contributed by atoms with Gasteiger partial charge in [-0.05, 0) is 39.2 Å². The Labute approximate surface area is 162 Å². The van der Waals surface area contributed by atoms with Crippen molar-refractivity contribution in [1.29, 1.82) is 0 Å². The molecule has 3 aromatic heterocycles. The first-order chi connectivity index (χ1) is 13.0. The second-order valence-electron chi connectivity index (χ2n) is 8.08. The number of nitrogens with zero attached hydrogens (tertiary/aromatic N) is 3. The van der Waals surface area contributed by atoms with Crippen LogP contribution in [-0.4, -0.2) is 39.8 Å². The van der Waals surface area contributed by atoms with Crippen LogP contribution in [0.4, 0.5) is 5.82 Å². The molecule has 1 N–H and O–H groups in total. The third kappa shape index (κ3) is 2.98. The van der Waals surface area contributed by atoms with Crippen molar-refractivity contribution in [3.05, 3.63) is 23.1 Å². The molecule has 7 heteroatoms. The Morgan fingerprint density at radius 3 is 3.00 bits per heavy atom. The van der Waals surface area contributed by atoms with E-state index in [9.17, 15) is 0 Å². The van der Waals surface area contributed by atoms with E-state index >= 15 is 0 Å². The monoisotopic (exact) mass is 384 g/mol. The second kappa shape index (κ2) is 6.36. The van der Waals surface area contributed by atoms with E-state index in [1.54, 1.807) is 17.7 Å². The normalized spacial score (nSPS) is 21.7. The average molecular weight is 385 g/mol. The van der Waals surface area contributed by atoms with Gasteiger partial charge in [0.05, 0.1) is 28.5 Å². The van der Waals surface area contributed by atoms with Crippen molar-refractivity contribution in [3.63, 3.8) is 0 Å². The summed E-state index contributed by atoms with van der Waals surface area (Å²) in [6.07, 6.45) is 5.05. The summed E-state index contributed by atoms with van der Waals surface area (Å²) >= 11 is 1.68. The van der Waals surface area contributed by atoms with Crippen molar-refractivity contribution < 1.29 is 9.47 Å². The van der Waals surface area contributed by atoms with Gasteiger partial charge in [0.2, 0.25) is 0 Å². The molecule has 0 amide bonds. The minimum absolute atomic E-state index is 0.171. The number of nitrogens with one attached hydrogen (secondary N) is 1. The standard InChI is InChI=1S/C20H24N4O2S/c1-11-14-9-26-20(2,3)7-13(14)15-16-17(27-19(15)24-11)18(23-10-22-16)21-8-12-5-4-6-25-12/h10,12H,4-9H2,1-3H3,(H,21,22,23)/t12-/m1/s1. The van der Waals surface area contributed by atoms with Crippen molar-refractivity contribution >= 4 is 37.6 Å². The van der Waals surface area contributed by atoms with Gasteiger partial charge in [0.15, 0.2) is 0 Å². The number of fused-ring (bicyclic) bond motifs is 5. The number of ether oxygens (including phenoxy) is 2. The Balaban J connectivity index is 1.63. The highest BCUT2D eigenvalue weighted by atomic mass is 32.1. The zero-order valence-electron chi connectivity index (χ0n) is 16.0. The van der Waals surface area contributed by atoms with E-state index in [0.29, 0.717) is 6.61 Å². The van der Waals surface area contributed by atoms with E-state index in [-0.39, 0.29) is 11.7 Å². The lowest BCUT2D eigenvalue weighted by Gasteiger charge is -2.32. The highest BCUT2D eigenvalue weighted by Crippen LogP contribution is 2.41. The molecule has 2 aliphatic heterocycles. The molecular formula is C20H24N4O2S. The Morgan fingerprint density at radius 2 is 2.19 bits per heavy atom. The largest absolute Gasteiger partial charge is 0.376 e. The fourth-order valence-electron chi connectivity index (χ4n) is 4.11. The lowest BCUT2D eigenvalue weighted by Crippen LogP contribution is -2.32. The molecule has 27 heavy (non-hydrogen) atoms. The highest BCUT2D eigenvalue weighted by Gasteiger charge is 2.31. The topological polar surface area (TPSA) is 69.2 Å². The van der Waals surface area contributed by atoms with Crippen molar-refractivity contribution in [2.24, 2.45) is 0 Å². The number of hydrogen-bond donors (Lipinski definition) is 1. The van der Waals surface area contributed by atoms with Crippen LogP contribution in [0.1, 0.15) is 43.5 Å². The molecule has 3 aromatic rings. The fourth-order valence-corrected chi connectivity index (χ4v) is 5.28. The zero-order valence-corrected chi connectivity index (χ0v) is 16.8. The van der Waals surface area contributed by atoms with E-state index in [2.05, 4.69) is 36.1 Å². The summed E-state index contributed by atoms with van der Waals surface area (Å²) in [6.45, 7) is 8.63. The van der Waals surface area contributed by atoms with Crippen molar-refractivity contribution in [3.8, 4) is 0 Å². The molecule has 6 nitrogen and oxygen atoms in total. The molecule has 142 valence electrons. The number of anilines is 1. The quantitative estimate of drug-likeness (QED) is 0.736. The molecule has 5 rings (SSSR count). The van der Waals surface area contributed by atoms with Gasteiger partial charge < -0.3 is 14.8 Å². The third-order valence-electron chi connectivity index (χ3n) is 5.56. The highest BCUT2D eigenvalue weighted by molar-refractivity contribution is 7.26. The van der Waals surface area contributed by atoms with Crippen LogP contribution in [0.15, 0.2) is 6.33 Å². The number of aryl methyl sites for hydroxylation is 1. The molecule has 0 aliphatic carbocycles. The summed E-state index contributed by atoms with van der Waals surface area (Å²) in [6, 6.07) is 0. The van der Waals surface area contributed by atoms with Crippen LogP contribution in [0.3, 0.4) is 0 Å². The van der Waals surface area contributed by atoms with Crippen molar-refractivity contribution in [2.75, 3.05) is 18.5 Å². The molecule has 1 fully saturated rings. The predicted molar refractivity (Wildman–Crippen MR) is 107 cm³/mol. The maximum absolute atomic E-state index is 6.03. The first-order valence-corrected chi connectivity index (χ1v) is 10.4. The van der Waals surface area contributed by atoms with Crippen LogP contribution in [0, 0.1) is 6.92 Å². The molecule has 0 saturated carbocycles. The van der Waals surface area contributed by atoms with Gasteiger partial charge in [-0.1, -0.05) is 0 Å². The first kappa shape index (κ1) is 17.3. The Bertz CT molecular complexity index is 1020. The molecule has 0 bridgehead atoms. The fraction of sp³-hybridized carbons (Fsp3) is 0.550. The van der Waals surface area contributed by atoms with Gasteiger partial charge >= 0.3 is 0 Å². The second-order valence-corrected chi connectivity index (χ2v) is 9.08. The van der Waals surface area contributed by atoms with Crippen molar-refractivity contribution in [2.45, 2.75) is 58.3 Å². The smallest absolute Gasteiger partial charge is 0.147 e. The number of aromatic nitrogens is 3. The third-order valence-corrected chi connectivity index (χ3v) is 6.64. The molecule has 5 heterocycles. The summed E-state index contributed by atoms with van der Waals surface area (Å²) in [5, 5.41) is 4.66. The number of hydrogen-bond acceptors (Lipinski definition) is 7. The number of thiophene rings is 1. The van der Waals surface area contributed by atoms with Crippen LogP contribution >= 0.6 is 11.3 Å². The summed E-state index contributed by atoms with van der Waals surface area (Å²) in [5.41, 5.74) is 4.44. The molecule has 0 unspecified atom stereocenters. The van der Waals surface area contributed by atoms with E-state index in [4.69, 9.17) is 14.5 Å². The van der Waals surface area contributed by atoms with Crippen LogP contribution in [-0.2, 0) is 22.5 Å². The minimum Gasteiger partial charge on any atom is -0.376 e. The van der Waals surface area contributed by atoms with Gasteiger partial charge in [0.25, 0.3) is 0 Å². The summed E-state index contributed by atoms with van der Waals surface area (Å²) in [4.78, 5) is 15.1. The maximum atomic E-state index is 6.03. The van der Waals surface area contributed by atoms with E-state index in [1.807, 2.05) is 0 Å².